The van der Waals surface area contributed by atoms with Crippen LogP contribution in [0, 0.1) is 5.41 Å². The lowest BCUT2D eigenvalue weighted by atomic mass is 9.92. The summed E-state index contributed by atoms with van der Waals surface area (Å²) in [6, 6.07) is 0. The highest BCUT2D eigenvalue weighted by atomic mass is 16.2. The highest BCUT2D eigenvalue weighted by Crippen LogP contribution is 2.17. The second-order valence-corrected chi connectivity index (χ2v) is 4.83. The van der Waals surface area contributed by atoms with Gasteiger partial charge in [0.05, 0.1) is 6.20 Å². The summed E-state index contributed by atoms with van der Waals surface area (Å²) in [5, 5.41) is 0. The maximum absolute atomic E-state index is 11.5. The lowest BCUT2D eigenvalue weighted by Crippen LogP contribution is -2.43. The predicted molar refractivity (Wildman–Crippen MR) is 61.7 cm³/mol. The SMILES string of the molecule is CC(C)(C)CC(=O)NNC(=O)c1cnccn1. The average Bonchev–Trinajstić information content (AvgIpc) is 2.25. The van der Waals surface area contributed by atoms with Crippen molar-refractivity contribution in [3.8, 4) is 0 Å². The van der Waals surface area contributed by atoms with Crippen molar-refractivity contribution < 1.29 is 9.59 Å². The minimum atomic E-state index is -0.486. The maximum Gasteiger partial charge on any atom is 0.289 e. The minimum Gasteiger partial charge on any atom is -0.273 e. The Labute approximate surface area is 99.8 Å². The van der Waals surface area contributed by atoms with Crippen molar-refractivity contribution in [1.29, 1.82) is 0 Å². The highest BCUT2D eigenvalue weighted by Gasteiger charge is 2.16. The van der Waals surface area contributed by atoms with Gasteiger partial charge in [-0.2, -0.15) is 0 Å². The average molecular weight is 236 g/mol. The van der Waals surface area contributed by atoms with E-state index in [1.54, 1.807) is 0 Å². The molecule has 17 heavy (non-hydrogen) atoms. The number of rotatable bonds is 2. The van der Waals surface area contributed by atoms with Crippen LogP contribution in [0.15, 0.2) is 18.6 Å². The van der Waals surface area contributed by atoms with Crippen LogP contribution in [0.3, 0.4) is 0 Å². The molecule has 92 valence electrons. The van der Waals surface area contributed by atoms with Crippen LogP contribution in [0.5, 0.6) is 0 Å². The van der Waals surface area contributed by atoms with Crippen LogP contribution in [0.25, 0.3) is 0 Å². The molecule has 0 aliphatic heterocycles. The normalized spacial score (nSPS) is 10.8. The number of hydrogen-bond acceptors (Lipinski definition) is 4. The Morgan fingerprint density at radius 2 is 1.94 bits per heavy atom. The number of nitrogens with zero attached hydrogens (tertiary/aromatic N) is 2. The van der Waals surface area contributed by atoms with E-state index in [9.17, 15) is 9.59 Å². The van der Waals surface area contributed by atoms with Crippen molar-refractivity contribution in [2.75, 3.05) is 0 Å². The first-order valence-corrected chi connectivity index (χ1v) is 5.24. The Bertz CT molecular complexity index is 398. The number of hydrogen-bond donors (Lipinski definition) is 2. The summed E-state index contributed by atoms with van der Waals surface area (Å²) in [4.78, 5) is 30.5. The van der Waals surface area contributed by atoms with Gasteiger partial charge in [0, 0.05) is 18.8 Å². The third kappa shape index (κ3) is 5.05. The molecule has 1 aromatic heterocycles. The zero-order valence-corrected chi connectivity index (χ0v) is 10.2. The van der Waals surface area contributed by atoms with Gasteiger partial charge in [0.2, 0.25) is 5.91 Å². The van der Waals surface area contributed by atoms with Crippen LogP contribution in [0.1, 0.15) is 37.7 Å². The van der Waals surface area contributed by atoms with Crippen molar-refractivity contribution in [2.45, 2.75) is 27.2 Å². The van der Waals surface area contributed by atoms with Crippen LogP contribution >= 0.6 is 0 Å². The molecule has 0 aliphatic rings. The summed E-state index contributed by atoms with van der Waals surface area (Å²) in [6.45, 7) is 5.82. The summed E-state index contributed by atoms with van der Waals surface area (Å²) >= 11 is 0. The zero-order valence-electron chi connectivity index (χ0n) is 10.2. The Morgan fingerprint density at radius 3 is 2.47 bits per heavy atom. The Hall–Kier alpha value is -1.98. The van der Waals surface area contributed by atoms with Gasteiger partial charge in [0.25, 0.3) is 5.91 Å². The van der Waals surface area contributed by atoms with Gasteiger partial charge in [-0.3, -0.25) is 25.4 Å². The molecule has 0 unspecified atom stereocenters. The molecule has 1 aromatic rings. The highest BCUT2D eigenvalue weighted by molar-refractivity contribution is 5.93. The molecular weight excluding hydrogens is 220 g/mol. The third-order valence-electron chi connectivity index (χ3n) is 1.80. The first-order chi connectivity index (χ1) is 7.88. The molecule has 0 atom stereocenters. The standard InChI is InChI=1S/C11H16N4O2/c1-11(2,3)6-9(16)14-15-10(17)8-7-12-4-5-13-8/h4-5,7H,6H2,1-3H3,(H,14,16)(H,15,17). The smallest absolute Gasteiger partial charge is 0.273 e. The third-order valence-corrected chi connectivity index (χ3v) is 1.80. The van der Waals surface area contributed by atoms with E-state index in [4.69, 9.17) is 0 Å². The molecule has 0 aromatic carbocycles. The van der Waals surface area contributed by atoms with E-state index in [1.807, 2.05) is 20.8 Å². The monoisotopic (exact) mass is 236 g/mol. The van der Waals surface area contributed by atoms with E-state index in [1.165, 1.54) is 18.6 Å². The molecule has 2 amide bonds. The molecule has 0 saturated heterocycles. The number of amides is 2. The van der Waals surface area contributed by atoms with Crippen LogP contribution in [-0.2, 0) is 4.79 Å². The van der Waals surface area contributed by atoms with Gasteiger partial charge in [-0.05, 0) is 5.41 Å². The van der Waals surface area contributed by atoms with Gasteiger partial charge in [-0.25, -0.2) is 4.98 Å². The van der Waals surface area contributed by atoms with Crippen molar-refractivity contribution in [3.05, 3.63) is 24.3 Å². The van der Waals surface area contributed by atoms with Crippen molar-refractivity contribution in [2.24, 2.45) is 5.41 Å². The predicted octanol–water partition coefficient (Wildman–Crippen LogP) is 0.674. The second kappa shape index (κ2) is 5.38. The fourth-order valence-corrected chi connectivity index (χ4v) is 1.13. The fraction of sp³-hybridized carbons (Fsp3) is 0.455. The van der Waals surface area contributed by atoms with Gasteiger partial charge in [0.15, 0.2) is 0 Å². The molecule has 0 radical (unpaired) electrons. The largest absolute Gasteiger partial charge is 0.289 e. The number of nitrogens with one attached hydrogen (secondary N) is 2. The quantitative estimate of drug-likeness (QED) is 0.739. The molecule has 0 spiro atoms. The van der Waals surface area contributed by atoms with E-state index < -0.39 is 5.91 Å². The van der Waals surface area contributed by atoms with E-state index in [0.29, 0.717) is 6.42 Å². The number of carbonyl (C=O) groups excluding carboxylic acids is 2. The van der Waals surface area contributed by atoms with E-state index in [-0.39, 0.29) is 17.0 Å². The van der Waals surface area contributed by atoms with Crippen LogP contribution in [0.4, 0.5) is 0 Å². The van der Waals surface area contributed by atoms with Crippen LogP contribution in [0.2, 0.25) is 0 Å². The fourth-order valence-electron chi connectivity index (χ4n) is 1.13. The molecule has 0 saturated carbocycles. The summed E-state index contributed by atoms with van der Waals surface area (Å²) in [5.74, 6) is -0.727. The lowest BCUT2D eigenvalue weighted by Gasteiger charge is -2.17. The summed E-state index contributed by atoms with van der Waals surface area (Å²) in [6.07, 6.45) is 4.53. The molecule has 0 fully saturated rings. The number of carbonyl (C=O) groups is 2. The molecule has 1 heterocycles. The van der Waals surface area contributed by atoms with E-state index >= 15 is 0 Å². The summed E-state index contributed by atoms with van der Waals surface area (Å²) in [7, 11) is 0. The Balaban J connectivity index is 2.42. The molecule has 1 rings (SSSR count). The van der Waals surface area contributed by atoms with Gasteiger partial charge < -0.3 is 0 Å². The topological polar surface area (TPSA) is 84.0 Å². The first kappa shape index (κ1) is 13.1. The van der Waals surface area contributed by atoms with Gasteiger partial charge >= 0.3 is 0 Å². The zero-order chi connectivity index (χ0) is 12.9. The maximum atomic E-state index is 11.5. The van der Waals surface area contributed by atoms with E-state index in [0.717, 1.165) is 0 Å². The minimum absolute atomic E-state index is 0.124. The molecule has 0 aliphatic carbocycles. The Morgan fingerprint density at radius 1 is 1.24 bits per heavy atom. The van der Waals surface area contributed by atoms with Crippen LogP contribution in [-0.4, -0.2) is 21.8 Å². The molecule has 2 N–H and O–H groups in total. The molecule has 6 heteroatoms. The van der Waals surface area contributed by atoms with Gasteiger partial charge in [-0.1, -0.05) is 20.8 Å². The summed E-state index contributed by atoms with van der Waals surface area (Å²) < 4.78 is 0. The van der Waals surface area contributed by atoms with Gasteiger partial charge in [-0.15, -0.1) is 0 Å². The second-order valence-electron chi connectivity index (χ2n) is 4.83. The number of hydrazine groups is 1. The number of aromatic nitrogens is 2. The first-order valence-electron chi connectivity index (χ1n) is 5.24. The molecule has 6 nitrogen and oxygen atoms in total. The van der Waals surface area contributed by atoms with Crippen LogP contribution < -0.4 is 10.9 Å². The summed E-state index contributed by atoms with van der Waals surface area (Å²) in [5.41, 5.74) is 4.64. The molecule has 0 bridgehead atoms. The van der Waals surface area contributed by atoms with E-state index in [2.05, 4.69) is 20.8 Å². The van der Waals surface area contributed by atoms with Crippen molar-refractivity contribution in [3.63, 3.8) is 0 Å². The van der Waals surface area contributed by atoms with Crippen molar-refractivity contribution >= 4 is 11.8 Å². The lowest BCUT2D eigenvalue weighted by molar-refractivity contribution is -0.123. The Kier molecular flexibility index (Phi) is 4.14. The molecular formula is C11H16N4O2. The van der Waals surface area contributed by atoms with Gasteiger partial charge in [0.1, 0.15) is 5.69 Å². The van der Waals surface area contributed by atoms with Crippen molar-refractivity contribution in [1.82, 2.24) is 20.8 Å².